The maximum Gasteiger partial charge on any atom is 0.129 e. The second-order valence-corrected chi connectivity index (χ2v) is 4.98. The van der Waals surface area contributed by atoms with Gasteiger partial charge in [0.15, 0.2) is 0 Å². The van der Waals surface area contributed by atoms with Crippen molar-refractivity contribution in [3.63, 3.8) is 0 Å². The number of hydrogen-bond donors (Lipinski definition) is 2. The lowest BCUT2D eigenvalue weighted by Crippen LogP contribution is -2.42. The topological polar surface area (TPSA) is 50.7 Å². The molecule has 0 bridgehead atoms. The van der Waals surface area contributed by atoms with Crippen LogP contribution < -0.4 is 14.8 Å². The molecule has 0 atom stereocenters. The minimum atomic E-state index is -0.307. The summed E-state index contributed by atoms with van der Waals surface area (Å²) < 4.78 is 10.7. The van der Waals surface area contributed by atoms with Gasteiger partial charge in [0.25, 0.3) is 0 Å². The summed E-state index contributed by atoms with van der Waals surface area (Å²) in [7, 11) is 3.30. The van der Waals surface area contributed by atoms with E-state index in [-0.39, 0.29) is 12.1 Å². The average molecular weight is 253 g/mol. The number of ether oxygens (including phenoxy) is 2. The molecule has 0 fully saturated rings. The summed E-state index contributed by atoms with van der Waals surface area (Å²) in [6, 6.07) is 3.91. The summed E-state index contributed by atoms with van der Waals surface area (Å²) in [5.41, 5.74) is 1.73. The van der Waals surface area contributed by atoms with Crippen molar-refractivity contribution in [1.29, 1.82) is 0 Å². The van der Waals surface area contributed by atoms with Crippen molar-refractivity contribution in [2.75, 3.05) is 20.8 Å². The summed E-state index contributed by atoms with van der Waals surface area (Å²) in [6.45, 7) is 6.61. The van der Waals surface area contributed by atoms with Crippen LogP contribution in [0.15, 0.2) is 12.1 Å². The van der Waals surface area contributed by atoms with Crippen molar-refractivity contribution in [3.8, 4) is 11.5 Å². The Morgan fingerprint density at radius 3 is 2.39 bits per heavy atom. The van der Waals surface area contributed by atoms with E-state index >= 15 is 0 Å². The van der Waals surface area contributed by atoms with Crippen LogP contribution in [-0.2, 0) is 6.54 Å². The summed E-state index contributed by atoms with van der Waals surface area (Å²) in [5, 5.41) is 12.5. The molecule has 4 nitrogen and oxygen atoms in total. The first kappa shape index (κ1) is 14.8. The third-order valence-electron chi connectivity index (χ3n) is 3.01. The molecule has 0 aliphatic heterocycles. The number of aliphatic hydroxyl groups is 1. The Kier molecular flexibility index (Phi) is 4.99. The zero-order valence-corrected chi connectivity index (χ0v) is 11.8. The standard InChI is InChI=1S/C14H23NO3/c1-10-12(17-4)7-6-11(13(10)18-5)8-15-14(2,3)9-16/h6-7,15-16H,8-9H2,1-5H3. The Morgan fingerprint density at radius 1 is 1.22 bits per heavy atom. The van der Waals surface area contributed by atoms with Crippen molar-refractivity contribution in [2.24, 2.45) is 0 Å². The number of methoxy groups -OCH3 is 2. The number of rotatable bonds is 6. The van der Waals surface area contributed by atoms with Crippen LogP contribution in [0.5, 0.6) is 11.5 Å². The molecule has 0 radical (unpaired) electrons. The van der Waals surface area contributed by atoms with Gasteiger partial charge in [-0.2, -0.15) is 0 Å². The van der Waals surface area contributed by atoms with Crippen LogP contribution in [-0.4, -0.2) is 31.5 Å². The molecule has 0 aliphatic carbocycles. The predicted molar refractivity (Wildman–Crippen MR) is 72.3 cm³/mol. The second kappa shape index (κ2) is 6.07. The molecule has 18 heavy (non-hydrogen) atoms. The maximum absolute atomic E-state index is 9.22. The van der Waals surface area contributed by atoms with Crippen molar-refractivity contribution in [1.82, 2.24) is 5.32 Å². The molecule has 0 amide bonds. The minimum Gasteiger partial charge on any atom is -0.496 e. The predicted octanol–water partition coefficient (Wildman–Crippen LogP) is 1.87. The van der Waals surface area contributed by atoms with E-state index in [4.69, 9.17) is 9.47 Å². The maximum atomic E-state index is 9.22. The first-order valence-electron chi connectivity index (χ1n) is 6.01. The molecule has 0 aromatic heterocycles. The van der Waals surface area contributed by atoms with Crippen LogP contribution in [0.25, 0.3) is 0 Å². The lowest BCUT2D eigenvalue weighted by Gasteiger charge is -2.24. The van der Waals surface area contributed by atoms with Crippen molar-refractivity contribution >= 4 is 0 Å². The monoisotopic (exact) mass is 253 g/mol. The zero-order chi connectivity index (χ0) is 13.8. The number of hydrogen-bond acceptors (Lipinski definition) is 4. The van der Waals surface area contributed by atoms with Crippen LogP contribution in [0.2, 0.25) is 0 Å². The first-order valence-corrected chi connectivity index (χ1v) is 6.01. The summed E-state index contributed by atoms with van der Waals surface area (Å²) in [6.07, 6.45) is 0. The summed E-state index contributed by atoms with van der Waals surface area (Å²) in [4.78, 5) is 0. The van der Waals surface area contributed by atoms with E-state index in [1.807, 2.05) is 32.9 Å². The van der Waals surface area contributed by atoms with Gasteiger partial charge < -0.3 is 19.9 Å². The first-order chi connectivity index (χ1) is 8.45. The van der Waals surface area contributed by atoms with Crippen LogP contribution in [0.4, 0.5) is 0 Å². The minimum absolute atomic E-state index is 0.0878. The lowest BCUT2D eigenvalue weighted by molar-refractivity contribution is 0.187. The zero-order valence-electron chi connectivity index (χ0n) is 11.8. The van der Waals surface area contributed by atoms with Crippen molar-refractivity contribution in [3.05, 3.63) is 23.3 Å². The largest absolute Gasteiger partial charge is 0.496 e. The van der Waals surface area contributed by atoms with Gasteiger partial charge in [-0.25, -0.2) is 0 Å². The van der Waals surface area contributed by atoms with Crippen molar-refractivity contribution < 1.29 is 14.6 Å². The fourth-order valence-electron chi connectivity index (χ4n) is 1.76. The van der Waals surface area contributed by atoms with Crippen LogP contribution in [0, 0.1) is 6.92 Å². The molecule has 1 rings (SSSR count). The van der Waals surface area contributed by atoms with Crippen molar-refractivity contribution in [2.45, 2.75) is 32.9 Å². The fourth-order valence-corrected chi connectivity index (χ4v) is 1.76. The van der Waals surface area contributed by atoms with Gasteiger partial charge in [-0.05, 0) is 26.8 Å². The number of aliphatic hydroxyl groups excluding tert-OH is 1. The summed E-state index contributed by atoms with van der Waals surface area (Å²) >= 11 is 0. The Bertz CT molecular complexity index is 402. The smallest absolute Gasteiger partial charge is 0.129 e. The normalized spacial score (nSPS) is 11.4. The van der Waals surface area contributed by atoms with E-state index in [1.165, 1.54) is 0 Å². The Labute approximate surface area is 109 Å². The Balaban J connectivity index is 2.93. The molecule has 2 N–H and O–H groups in total. The molecule has 1 aromatic carbocycles. The molecule has 0 spiro atoms. The number of benzene rings is 1. The second-order valence-electron chi connectivity index (χ2n) is 4.98. The van der Waals surface area contributed by atoms with E-state index in [9.17, 15) is 5.11 Å². The highest BCUT2D eigenvalue weighted by molar-refractivity contribution is 5.49. The van der Waals surface area contributed by atoms with Gasteiger partial charge in [0.1, 0.15) is 11.5 Å². The Morgan fingerprint density at radius 2 is 1.89 bits per heavy atom. The van der Waals surface area contributed by atoms with Gasteiger partial charge in [-0.3, -0.25) is 0 Å². The van der Waals surface area contributed by atoms with Gasteiger partial charge in [0.2, 0.25) is 0 Å². The van der Waals surface area contributed by atoms with Gasteiger partial charge in [-0.15, -0.1) is 0 Å². The van der Waals surface area contributed by atoms with Crippen LogP contribution >= 0.6 is 0 Å². The highest BCUT2D eigenvalue weighted by Crippen LogP contribution is 2.31. The van der Waals surface area contributed by atoms with Gasteiger partial charge in [-0.1, -0.05) is 6.07 Å². The Hall–Kier alpha value is -1.26. The molecule has 0 unspecified atom stereocenters. The molecule has 0 aliphatic rings. The molecule has 0 heterocycles. The highest BCUT2D eigenvalue weighted by Gasteiger charge is 2.17. The van der Waals surface area contributed by atoms with Gasteiger partial charge >= 0.3 is 0 Å². The van der Waals surface area contributed by atoms with Gasteiger partial charge in [0, 0.05) is 23.2 Å². The van der Waals surface area contributed by atoms with Gasteiger partial charge in [0.05, 0.1) is 20.8 Å². The SMILES string of the molecule is COc1ccc(CNC(C)(C)CO)c(OC)c1C. The lowest BCUT2D eigenvalue weighted by atomic mass is 10.0. The van der Waals surface area contributed by atoms with E-state index in [0.717, 1.165) is 22.6 Å². The van der Waals surface area contributed by atoms with E-state index in [0.29, 0.717) is 6.54 Å². The van der Waals surface area contributed by atoms with E-state index < -0.39 is 0 Å². The average Bonchev–Trinajstić information content (AvgIpc) is 2.36. The molecular formula is C14H23NO3. The molecule has 0 saturated heterocycles. The number of nitrogens with one attached hydrogen (secondary N) is 1. The molecule has 4 heteroatoms. The molecule has 0 saturated carbocycles. The van der Waals surface area contributed by atoms with Crippen LogP contribution in [0.1, 0.15) is 25.0 Å². The van der Waals surface area contributed by atoms with E-state index in [2.05, 4.69) is 5.32 Å². The molecular weight excluding hydrogens is 230 g/mol. The molecule has 1 aromatic rings. The summed E-state index contributed by atoms with van der Waals surface area (Å²) in [5.74, 6) is 1.65. The third-order valence-corrected chi connectivity index (χ3v) is 3.01. The quantitative estimate of drug-likeness (QED) is 0.812. The highest BCUT2D eigenvalue weighted by atomic mass is 16.5. The third kappa shape index (κ3) is 3.37. The molecule has 102 valence electrons. The van der Waals surface area contributed by atoms with E-state index in [1.54, 1.807) is 14.2 Å². The van der Waals surface area contributed by atoms with Crippen LogP contribution in [0.3, 0.4) is 0 Å². The fraction of sp³-hybridized carbons (Fsp3) is 0.571.